The molecule has 0 saturated heterocycles. The SMILES string of the molecule is Cc1cccc(NC(=O)NC(=O)COC(=O)CCC(=O)N2CCC(c3ccccc3)=N2)c1C. The fourth-order valence-corrected chi connectivity index (χ4v) is 3.23. The minimum Gasteiger partial charge on any atom is -0.456 e. The molecular formula is C24H26N4O5. The van der Waals surface area contributed by atoms with Gasteiger partial charge in [-0.2, -0.15) is 5.10 Å². The zero-order valence-electron chi connectivity index (χ0n) is 18.6. The Morgan fingerprint density at radius 2 is 1.76 bits per heavy atom. The number of anilines is 1. The van der Waals surface area contributed by atoms with E-state index in [0.29, 0.717) is 18.7 Å². The van der Waals surface area contributed by atoms with Gasteiger partial charge >= 0.3 is 12.0 Å². The third-order valence-corrected chi connectivity index (χ3v) is 5.21. The summed E-state index contributed by atoms with van der Waals surface area (Å²) in [7, 11) is 0. The summed E-state index contributed by atoms with van der Waals surface area (Å²) < 4.78 is 4.86. The Hall–Kier alpha value is -4.01. The van der Waals surface area contributed by atoms with Crippen LogP contribution < -0.4 is 10.6 Å². The van der Waals surface area contributed by atoms with E-state index >= 15 is 0 Å². The van der Waals surface area contributed by atoms with Gasteiger partial charge in [-0.1, -0.05) is 42.5 Å². The van der Waals surface area contributed by atoms with Crippen molar-refractivity contribution in [2.24, 2.45) is 5.10 Å². The van der Waals surface area contributed by atoms with Gasteiger partial charge in [-0.25, -0.2) is 9.80 Å². The maximum absolute atomic E-state index is 12.3. The van der Waals surface area contributed by atoms with E-state index in [-0.39, 0.29) is 18.7 Å². The number of carbonyl (C=O) groups excluding carboxylic acids is 4. The molecule has 0 saturated carbocycles. The van der Waals surface area contributed by atoms with Crippen LogP contribution in [-0.4, -0.2) is 47.7 Å². The summed E-state index contributed by atoms with van der Waals surface area (Å²) in [6, 6.07) is 14.3. The number of hydrazone groups is 1. The molecule has 1 heterocycles. The van der Waals surface area contributed by atoms with Gasteiger partial charge in [0.15, 0.2) is 6.61 Å². The summed E-state index contributed by atoms with van der Waals surface area (Å²) in [6.45, 7) is 3.60. The van der Waals surface area contributed by atoms with Crippen molar-refractivity contribution in [3.63, 3.8) is 0 Å². The first-order valence-electron chi connectivity index (χ1n) is 10.6. The van der Waals surface area contributed by atoms with Gasteiger partial charge in [-0.05, 0) is 36.6 Å². The van der Waals surface area contributed by atoms with Crippen molar-refractivity contribution in [1.82, 2.24) is 10.3 Å². The molecule has 0 aromatic heterocycles. The molecule has 2 aromatic carbocycles. The standard InChI is InChI=1S/C24H26N4O5/c1-16-7-6-10-19(17(16)2)25-24(32)26-21(29)15-33-23(31)12-11-22(30)28-14-13-20(27-28)18-8-4-3-5-9-18/h3-10H,11-15H2,1-2H3,(H2,25,26,29,32). The maximum Gasteiger partial charge on any atom is 0.325 e. The topological polar surface area (TPSA) is 117 Å². The average Bonchev–Trinajstić information content (AvgIpc) is 3.30. The first-order chi connectivity index (χ1) is 15.8. The largest absolute Gasteiger partial charge is 0.456 e. The van der Waals surface area contributed by atoms with Crippen molar-refractivity contribution < 1.29 is 23.9 Å². The van der Waals surface area contributed by atoms with Crippen LogP contribution in [0.1, 0.15) is 36.0 Å². The molecule has 0 unspecified atom stereocenters. The van der Waals surface area contributed by atoms with Crippen molar-refractivity contribution in [1.29, 1.82) is 0 Å². The molecule has 0 spiro atoms. The number of carbonyl (C=O) groups is 4. The maximum atomic E-state index is 12.3. The molecule has 9 nitrogen and oxygen atoms in total. The smallest absolute Gasteiger partial charge is 0.325 e. The second-order valence-electron chi connectivity index (χ2n) is 7.59. The fourth-order valence-electron chi connectivity index (χ4n) is 3.23. The van der Waals surface area contributed by atoms with Crippen LogP contribution in [0.2, 0.25) is 0 Å². The summed E-state index contributed by atoms with van der Waals surface area (Å²) in [6.07, 6.45) is 0.372. The number of amides is 4. The van der Waals surface area contributed by atoms with E-state index in [0.717, 1.165) is 22.4 Å². The lowest BCUT2D eigenvalue weighted by atomic mass is 10.1. The highest BCUT2D eigenvalue weighted by Gasteiger charge is 2.22. The van der Waals surface area contributed by atoms with Crippen molar-refractivity contribution in [2.75, 3.05) is 18.5 Å². The number of hydrogen-bond donors (Lipinski definition) is 2. The number of rotatable bonds is 7. The third-order valence-electron chi connectivity index (χ3n) is 5.21. The van der Waals surface area contributed by atoms with Crippen molar-refractivity contribution in [3.05, 3.63) is 65.2 Å². The normalized spacial score (nSPS) is 12.7. The lowest BCUT2D eigenvalue weighted by molar-refractivity contribution is -0.149. The Morgan fingerprint density at radius 3 is 2.52 bits per heavy atom. The number of benzene rings is 2. The van der Waals surface area contributed by atoms with Crippen molar-refractivity contribution >= 4 is 35.2 Å². The molecule has 4 amide bonds. The molecule has 0 radical (unpaired) electrons. The van der Waals surface area contributed by atoms with Gasteiger partial charge in [0, 0.05) is 18.5 Å². The van der Waals surface area contributed by atoms with Gasteiger partial charge < -0.3 is 10.1 Å². The van der Waals surface area contributed by atoms with Gasteiger partial charge in [0.2, 0.25) is 5.91 Å². The van der Waals surface area contributed by atoms with E-state index in [1.54, 1.807) is 12.1 Å². The second kappa shape index (κ2) is 11.0. The van der Waals surface area contributed by atoms with Crippen LogP contribution in [0.25, 0.3) is 0 Å². The lowest BCUT2D eigenvalue weighted by Gasteiger charge is -2.12. The monoisotopic (exact) mass is 450 g/mol. The van der Waals surface area contributed by atoms with Crippen LogP contribution in [0.5, 0.6) is 0 Å². The van der Waals surface area contributed by atoms with Gasteiger partial charge in [0.25, 0.3) is 5.91 Å². The molecule has 172 valence electrons. The predicted molar refractivity (Wildman–Crippen MR) is 123 cm³/mol. The molecule has 33 heavy (non-hydrogen) atoms. The van der Waals surface area contributed by atoms with Crippen molar-refractivity contribution in [3.8, 4) is 0 Å². The lowest BCUT2D eigenvalue weighted by Crippen LogP contribution is -2.37. The Morgan fingerprint density at radius 1 is 1.00 bits per heavy atom. The summed E-state index contributed by atoms with van der Waals surface area (Å²) in [4.78, 5) is 48.1. The van der Waals surface area contributed by atoms with Crippen LogP contribution in [0.15, 0.2) is 53.6 Å². The average molecular weight is 450 g/mol. The number of imide groups is 1. The number of hydrogen-bond acceptors (Lipinski definition) is 6. The summed E-state index contributed by atoms with van der Waals surface area (Å²) in [5.74, 6) is -1.77. The number of ether oxygens (including phenoxy) is 1. The molecule has 9 heteroatoms. The zero-order chi connectivity index (χ0) is 23.8. The van der Waals surface area contributed by atoms with Crippen LogP contribution in [0.4, 0.5) is 10.5 Å². The molecule has 0 atom stereocenters. The summed E-state index contributed by atoms with van der Waals surface area (Å²) in [5, 5.41) is 10.4. The molecule has 0 fully saturated rings. The third kappa shape index (κ3) is 6.73. The van der Waals surface area contributed by atoms with E-state index < -0.39 is 24.5 Å². The number of esters is 1. The van der Waals surface area contributed by atoms with Crippen molar-refractivity contribution in [2.45, 2.75) is 33.1 Å². The quantitative estimate of drug-likeness (QED) is 0.629. The molecule has 3 rings (SSSR count). The minimum absolute atomic E-state index is 0.0842. The van der Waals surface area contributed by atoms with Crippen LogP contribution in [0, 0.1) is 13.8 Å². The Kier molecular flexibility index (Phi) is 7.91. The Labute approximate surface area is 191 Å². The van der Waals surface area contributed by atoms with E-state index in [4.69, 9.17) is 4.74 Å². The number of urea groups is 1. The van der Waals surface area contributed by atoms with Gasteiger partial charge in [-0.3, -0.25) is 19.7 Å². The first kappa shape index (κ1) is 23.6. The Balaban J connectivity index is 1.37. The van der Waals surface area contributed by atoms with E-state index in [2.05, 4.69) is 15.7 Å². The van der Waals surface area contributed by atoms with Gasteiger partial charge in [0.05, 0.1) is 18.7 Å². The number of aryl methyl sites for hydroxylation is 1. The fraction of sp³-hybridized carbons (Fsp3) is 0.292. The van der Waals surface area contributed by atoms with E-state index in [1.807, 2.05) is 50.2 Å². The molecule has 1 aliphatic heterocycles. The minimum atomic E-state index is -0.769. The van der Waals surface area contributed by atoms with E-state index in [9.17, 15) is 19.2 Å². The molecule has 1 aliphatic rings. The van der Waals surface area contributed by atoms with E-state index in [1.165, 1.54) is 5.01 Å². The molecule has 0 bridgehead atoms. The summed E-state index contributed by atoms with van der Waals surface area (Å²) >= 11 is 0. The highest BCUT2D eigenvalue weighted by Crippen LogP contribution is 2.18. The highest BCUT2D eigenvalue weighted by atomic mass is 16.5. The van der Waals surface area contributed by atoms with Crippen LogP contribution in [-0.2, 0) is 19.1 Å². The second-order valence-corrected chi connectivity index (χ2v) is 7.59. The van der Waals surface area contributed by atoms with Gasteiger partial charge in [-0.15, -0.1) is 0 Å². The molecule has 2 N–H and O–H groups in total. The van der Waals surface area contributed by atoms with Crippen LogP contribution >= 0.6 is 0 Å². The number of nitrogens with one attached hydrogen (secondary N) is 2. The van der Waals surface area contributed by atoms with Gasteiger partial charge in [0.1, 0.15) is 0 Å². The summed E-state index contributed by atoms with van der Waals surface area (Å²) in [5.41, 5.74) is 4.24. The predicted octanol–water partition coefficient (Wildman–Crippen LogP) is 2.91. The highest BCUT2D eigenvalue weighted by molar-refractivity contribution is 6.03. The molecular weight excluding hydrogens is 424 g/mol. The van der Waals surface area contributed by atoms with Crippen LogP contribution in [0.3, 0.4) is 0 Å². The number of nitrogens with zero attached hydrogens (tertiary/aromatic N) is 2. The first-order valence-corrected chi connectivity index (χ1v) is 10.6. The molecule has 2 aromatic rings. The Bertz CT molecular complexity index is 1080. The zero-order valence-corrected chi connectivity index (χ0v) is 18.6. The molecule has 0 aliphatic carbocycles.